The van der Waals surface area contributed by atoms with Gasteiger partial charge >= 0.3 is 0 Å². The summed E-state index contributed by atoms with van der Waals surface area (Å²) in [6.07, 6.45) is 3.94. The molecule has 8 heteroatoms. The molecule has 0 bridgehead atoms. The second-order valence-corrected chi connectivity index (χ2v) is 9.46. The van der Waals surface area contributed by atoms with Crippen LogP contribution in [0.2, 0.25) is 0 Å². The summed E-state index contributed by atoms with van der Waals surface area (Å²) >= 11 is 9.51. The van der Waals surface area contributed by atoms with Gasteiger partial charge in [0.1, 0.15) is 11.8 Å². The van der Waals surface area contributed by atoms with Crippen molar-refractivity contribution >= 4 is 55.8 Å². The topological polar surface area (TPSA) is 61.5 Å². The number of halogens is 1. The number of H-pyrrole nitrogens is 1. The van der Waals surface area contributed by atoms with Crippen molar-refractivity contribution in [1.29, 1.82) is 0 Å². The third-order valence-corrected chi connectivity index (χ3v) is 7.33. The fraction of sp³-hybridized carbons (Fsp3) is 0.160. The van der Waals surface area contributed by atoms with E-state index in [0.29, 0.717) is 17.2 Å². The Morgan fingerprint density at radius 2 is 2.00 bits per heavy atom. The molecule has 1 N–H and O–H groups in total. The van der Waals surface area contributed by atoms with Crippen LogP contribution in [0.4, 0.5) is 5.69 Å². The second kappa shape index (κ2) is 7.67. The Bertz CT molecular complexity index is 1400. The van der Waals surface area contributed by atoms with Crippen molar-refractivity contribution < 1.29 is 9.53 Å². The number of carbonyl (C=O) groups is 1. The Balaban J connectivity index is 1.55. The summed E-state index contributed by atoms with van der Waals surface area (Å²) in [5.74, 6) is 0.755. The molecular formula is C25H19BrN4O2S. The van der Waals surface area contributed by atoms with Gasteiger partial charge in [-0.25, -0.2) is 0 Å². The van der Waals surface area contributed by atoms with Gasteiger partial charge in [0.2, 0.25) is 0 Å². The maximum Gasteiger partial charge on any atom is 0.256 e. The van der Waals surface area contributed by atoms with Gasteiger partial charge in [-0.1, -0.05) is 28.1 Å². The molecule has 2 unspecified atom stereocenters. The number of hydrogen-bond acceptors (Lipinski definition) is 4. The number of pyridine rings is 1. The van der Waals surface area contributed by atoms with Gasteiger partial charge in [0.05, 0.1) is 25.0 Å². The van der Waals surface area contributed by atoms with Crippen molar-refractivity contribution in [3.63, 3.8) is 0 Å². The fourth-order valence-electron chi connectivity index (χ4n) is 4.95. The molecule has 1 amide bonds. The number of nitrogens with one attached hydrogen (secondary N) is 1. The van der Waals surface area contributed by atoms with Crippen molar-refractivity contribution in [3.05, 3.63) is 88.3 Å². The Hall–Kier alpha value is -3.23. The van der Waals surface area contributed by atoms with Crippen LogP contribution < -0.4 is 9.64 Å². The first kappa shape index (κ1) is 20.4. The molecule has 6 nitrogen and oxygen atoms in total. The lowest BCUT2D eigenvalue weighted by Crippen LogP contribution is -2.44. The lowest BCUT2D eigenvalue weighted by Gasteiger charge is -2.37. The SMILES string of the molecule is COc1ccc(C2c3[nH]c4ccc(Br)cc4c3CC3C(=O)N(c4cccnc4)C(=S)N32)cc1. The van der Waals surface area contributed by atoms with Crippen LogP contribution in [0.3, 0.4) is 0 Å². The van der Waals surface area contributed by atoms with E-state index < -0.39 is 6.04 Å². The van der Waals surface area contributed by atoms with Gasteiger partial charge in [-0.05, 0) is 65.8 Å². The average Bonchev–Trinajstić information content (AvgIpc) is 3.32. The minimum atomic E-state index is -0.393. The van der Waals surface area contributed by atoms with E-state index in [4.69, 9.17) is 17.0 Å². The number of aromatic nitrogens is 2. The first-order valence-electron chi connectivity index (χ1n) is 10.6. The molecular weight excluding hydrogens is 500 g/mol. The Labute approximate surface area is 204 Å². The summed E-state index contributed by atoms with van der Waals surface area (Å²) < 4.78 is 6.37. The van der Waals surface area contributed by atoms with Crippen LogP contribution in [0.25, 0.3) is 10.9 Å². The number of hydrogen-bond donors (Lipinski definition) is 1. The molecule has 2 aromatic heterocycles. The fourth-order valence-corrected chi connectivity index (χ4v) is 5.74. The third kappa shape index (κ3) is 3.08. The molecule has 4 aromatic rings. The van der Waals surface area contributed by atoms with Crippen LogP contribution in [0.15, 0.2) is 71.5 Å². The van der Waals surface area contributed by atoms with Crippen LogP contribution >= 0.6 is 28.1 Å². The van der Waals surface area contributed by atoms with Crippen LogP contribution in [0, 0.1) is 0 Å². The number of carbonyl (C=O) groups excluding carboxylic acids is 1. The number of benzene rings is 2. The van der Waals surface area contributed by atoms with E-state index in [1.165, 1.54) is 0 Å². The smallest absolute Gasteiger partial charge is 0.256 e. The quantitative estimate of drug-likeness (QED) is 0.387. The molecule has 33 heavy (non-hydrogen) atoms. The number of amides is 1. The molecule has 2 aliphatic heterocycles. The summed E-state index contributed by atoms with van der Waals surface area (Å²) in [6, 6.07) is 17.2. The van der Waals surface area contributed by atoms with E-state index in [1.807, 2.05) is 42.5 Å². The van der Waals surface area contributed by atoms with Crippen molar-refractivity contribution in [1.82, 2.24) is 14.9 Å². The molecule has 2 aliphatic rings. The third-order valence-electron chi connectivity index (χ3n) is 6.44. The van der Waals surface area contributed by atoms with E-state index in [2.05, 4.69) is 42.9 Å². The van der Waals surface area contributed by atoms with Gasteiger partial charge in [0.25, 0.3) is 5.91 Å². The van der Waals surface area contributed by atoms with Gasteiger partial charge in [-0.15, -0.1) is 0 Å². The van der Waals surface area contributed by atoms with E-state index >= 15 is 0 Å². The zero-order chi connectivity index (χ0) is 22.7. The highest BCUT2D eigenvalue weighted by Gasteiger charge is 2.51. The van der Waals surface area contributed by atoms with Gasteiger partial charge in [-0.2, -0.15) is 0 Å². The van der Waals surface area contributed by atoms with Crippen molar-refractivity contribution in [2.45, 2.75) is 18.5 Å². The van der Waals surface area contributed by atoms with Gasteiger partial charge in [0, 0.05) is 33.7 Å². The molecule has 0 saturated carbocycles. The van der Waals surface area contributed by atoms with Crippen LogP contribution in [-0.4, -0.2) is 39.0 Å². The summed E-state index contributed by atoms with van der Waals surface area (Å²) in [5.41, 5.74) is 4.98. The largest absolute Gasteiger partial charge is 0.497 e. The molecule has 1 saturated heterocycles. The number of fused-ring (bicyclic) bond motifs is 4. The molecule has 0 radical (unpaired) electrons. The highest BCUT2D eigenvalue weighted by molar-refractivity contribution is 9.10. The van der Waals surface area contributed by atoms with Crippen LogP contribution in [0.5, 0.6) is 5.75 Å². The summed E-state index contributed by atoms with van der Waals surface area (Å²) in [7, 11) is 1.65. The first-order valence-corrected chi connectivity index (χ1v) is 11.8. The molecule has 0 spiro atoms. The lowest BCUT2D eigenvalue weighted by atomic mass is 9.89. The average molecular weight is 519 g/mol. The molecule has 164 valence electrons. The normalized spacial score (nSPS) is 19.7. The standard InChI is InChI=1S/C25H19BrN4O2S/c1-32-17-7-4-14(5-8-17)23-22-19(18-11-15(26)6-9-20(18)28-22)12-21-24(31)29(25(33)30(21)23)16-3-2-10-27-13-16/h2-11,13,21,23,28H,12H2,1H3. The summed E-state index contributed by atoms with van der Waals surface area (Å²) in [5, 5.41) is 1.61. The monoisotopic (exact) mass is 518 g/mol. The van der Waals surface area contributed by atoms with E-state index in [1.54, 1.807) is 24.4 Å². The van der Waals surface area contributed by atoms with Gasteiger partial charge in [-0.3, -0.25) is 14.7 Å². The first-order chi connectivity index (χ1) is 16.1. The van der Waals surface area contributed by atoms with E-state index in [0.717, 1.165) is 37.9 Å². The maximum absolute atomic E-state index is 13.7. The predicted molar refractivity (Wildman–Crippen MR) is 134 cm³/mol. The molecule has 4 heterocycles. The minimum absolute atomic E-state index is 0.0264. The number of ether oxygens (including phenoxy) is 1. The zero-order valence-corrected chi connectivity index (χ0v) is 20.1. The van der Waals surface area contributed by atoms with Crippen molar-refractivity contribution in [2.75, 3.05) is 12.0 Å². The number of thiocarbonyl (C=S) groups is 1. The van der Waals surface area contributed by atoms with Gasteiger partial charge < -0.3 is 14.6 Å². The lowest BCUT2D eigenvalue weighted by molar-refractivity contribution is -0.120. The Morgan fingerprint density at radius 3 is 2.73 bits per heavy atom. The van der Waals surface area contributed by atoms with E-state index in [9.17, 15) is 4.79 Å². The highest BCUT2D eigenvalue weighted by atomic mass is 79.9. The molecule has 2 atom stereocenters. The molecule has 6 rings (SSSR count). The summed E-state index contributed by atoms with van der Waals surface area (Å²) in [6.45, 7) is 0. The number of rotatable bonds is 3. The molecule has 2 aromatic carbocycles. The maximum atomic E-state index is 13.7. The summed E-state index contributed by atoms with van der Waals surface area (Å²) in [4.78, 5) is 25.2. The number of anilines is 1. The van der Waals surface area contributed by atoms with Crippen molar-refractivity contribution in [2.24, 2.45) is 0 Å². The number of aromatic amines is 1. The highest BCUT2D eigenvalue weighted by Crippen LogP contribution is 2.45. The Kier molecular flexibility index (Phi) is 4.74. The minimum Gasteiger partial charge on any atom is -0.497 e. The van der Waals surface area contributed by atoms with Crippen molar-refractivity contribution in [3.8, 4) is 5.75 Å². The molecule has 0 aliphatic carbocycles. The van der Waals surface area contributed by atoms with Crippen LogP contribution in [-0.2, 0) is 11.2 Å². The second-order valence-electron chi connectivity index (χ2n) is 8.18. The van der Waals surface area contributed by atoms with Gasteiger partial charge in [0.15, 0.2) is 5.11 Å². The van der Waals surface area contributed by atoms with E-state index in [-0.39, 0.29) is 11.9 Å². The zero-order valence-electron chi connectivity index (χ0n) is 17.7. The Morgan fingerprint density at radius 1 is 1.18 bits per heavy atom. The number of methoxy groups -OCH3 is 1. The predicted octanol–water partition coefficient (Wildman–Crippen LogP) is 4.98. The molecule has 1 fully saturated rings. The van der Waals surface area contributed by atoms with Crippen LogP contribution in [0.1, 0.15) is 22.9 Å². The number of nitrogens with zero attached hydrogens (tertiary/aromatic N) is 3.